The first-order chi connectivity index (χ1) is 15.6. The molecule has 1 aliphatic carbocycles. The highest BCUT2D eigenvalue weighted by Crippen LogP contribution is 2.43. The molecule has 1 aromatic heterocycles. The molecule has 3 fully saturated rings. The van der Waals surface area contributed by atoms with E-state index >= 15 is 0 Å². The number of amides is 1. The van der Waals surface area contributed by atoms with Crippen molar-refractivity contribution in [2.45, 2.75) is 61.3 Å². The molecule has 2 aromatic rings. The van der Waals surface area contributed by atoms with E-state index in [9.17, 15) is 9.18 Å². The van der Waals surface area contributed by atoms with Crippen LogP contribution in [-0.4, -0.2) is 58.6 Å². The molecule has 1 N–H and O–H groups in total. The minimum absolute atomic E-state index is 0.0566. The molecule has 170 valence electrons. The fraction of sp³-hybridized carbons (Fsp3) is 0.500. The molecule has 2 bridgehead atoms. The predicted molar refractivity (Wildman–Crippen MR) is 117 cm³/mol. The summed E-state index contributed by atoms with van der Waals surface area (Å²) in [5.74, 6) is 0.467. The quantitative estimate of drug-likeness (QED) is 0.610. The number of nitrogens with one attached hydrogen (secondary N) is 1. The zero-order chi connectivity index (χ0) is 22.2. The van der Waals surface area contributed by atoms with E-state index < -0.39 is 5.82 Å². The summed E-state index contributed by atoms with van der Waals surface area (Å²) in [6.45, 7) is 0. The summed E-state index contributed by atoms with van der Waals surface area (Å²) >= 11 is 1.47. The van der Waals surface area contributed by atoms with Crippen molar-refractivity contribution in [1.82, 2.24) is 14.9 Å². The number of halogens is 1. The van der Waals surface area contributed by atoms with Crippen LogP contribution < -0.4 is 14.8 Å². The minimum Gasteiger partial charge on any atom is -0.489 e. The Kier molecular flexibility index (Phi) is 5.71. The lowest BCUT2D eigenvalue weighted by Gasteiger charge is -2.24. The van der Waals surface area contributed by atoms with Crippen LogP contribution in [0.25, 0.3) is 0 Å². The lowest BCUT2D eigenvalue weighted by molar-refractivity contribution is 0.0794. The third kappa shape index (κ3) is 4.03. The third-order valence-electron chi connectivity index (χ3n) is 6.15. The molecule has 0 radical (unpaired) electrons. The highest BCUT2D eigenvalue weighted by atomic mass is 32.2. The lowest BCUT2D eigenvalue weighted by atomic mass is 9.98. The zero-order valence-electron chi connectivity index (χ0n) is 17.9. The van der Waals surface area contributed by atoms with Gasteiger partial charge in [-0.2, -0.15) is 4.98 Å². The first-order valence-electron chi connectivity index (χ1n) is 10.7. The van der Waals surface area contributed by atoms with Crippen molar-refractivity contribution in [3.8, 4) is 11.6 Å². The van der Waals surface area contributed by atoms with Crippen LogP contribution >= 0.6 is 11.8 Å². The second kappa shape index (κ2) is 8.65. The van der Waals surface area contributed by atoms with Gasteiger partial charge in [0.2, 0.25) is 5.75 Å². The van der Waals surface area contributed by atoms with E-state index in [1.165, 1.54) is 31.3 Å². The normalized spacial score (nSPS) is 23.8. The monoisotopic (exact) mass is 460 g/mol. The zero-order valence-corrected chi connectivity index (χ0v) is 18.7. The number of carbonyl (C=O) groups excluding carboxylic acids is 1. The van der Waals surface area contributed by atoms with Gasteiger partial charge in [-0.1, -0.05) is 0 Å². The Bertz CT molecular complexity index is 1020. The first-order valence-corrected chi connectivity index (χ1v) is 11.9. The van der Waals surface area contributed by atoms with E-state index in [1.54, 1.807) is 6.07 Å². The number of anilines is 2. The van der Waals surface area contributed by atoms with Crippen LogP contribution in [0.2, 0.25) is 0 Å². The minimum atomic E-state index is -0.391. The average molecular weight is 461 g/mol. The van der Waals surface area contributed by atoms with Crippen LogP contribution in [0.4, 0.5) is 20.7 Å². The fourth-order valence-electron chi connectivity index (χ4n) is 4.44. The number of thioether (sulfide) groups is 1. The van der Waals surface area contributed by atoms with E-state index in [2.05, 4.69) is 15.3 Å². The van der Waals surface area contributed by atoms with Gasteiger partial charge >= 0.3 is 6.09 Å². The van der Waals surface area contributed by atoms with Gasteiger partial charge in [-0.25, -0.2) is 14.2 Å². The Hall–Kier alpha value is -2.75. The molecule has 1 amide bonds. The number of aromatic nitrogens is 2. The second-order valence-electron chi connectivity index (χ2n) is 8.21. The summed E-state index contributed by atoms with van der Waals surface area (Å²) < 4.78 is 31.7. The van der Waals surface area contributed by atoms with Gasteiger partial charge in [0.05, 0.1) is 18.8 Å². The molecule has 2 saturated heterocycles. The van der Waals surface area contributed by atoms with Gasteiger partial charge in [-0.3, -0.25) is 4.90 Å². The second-order valence-corrected chi connectivity index (χ2v) is 9.09. The molecule has 3 aliphatic rings. The van der Waals surface area contributed by atoms with Crippen LogP contribution in [0, 0.1) is 5.82 Å². The van der Waals surface area contributed by atoms with E-state index in [0.717, 1.165) is 30.6 Å². The van der Waals surface area contributed by atoms with E-state index in [1.807, 2.05) is 17.2 Å². The molecule has 0 spiro atoms. The highest BCUT2D eigenvalue weighted by Gasteiger charge is 2.51. The smallest absolute Gasteiger partial charge is 0.410 e. The maximum Gasteiger partial charge on any atom is 0.410 e. The summed E-state index contributed by atoms with van der Waals surface area (Å²) in [6, 6.07) is 5.00. The highest BCUT2D eigenvalue weighted by molar-refractivity contribution is 7.98. The third-order valence-corrected chi connectivity index (χ3v) is 6.88. The number of hydrogen-bond donors (Lipinski definition) is 1. The van der Waals surface area contributed by atoms with Crippen molar-refractivity contribution in [2.24, 2.45) is 0 Å². The molecule has 8 nitrogen and oxygen atoms in total. The number of nitrogens with zero attached hydrogens (tertiary/aromatic N) is 3. The summed E-state index contributed by atoms with van der Waals surface area (Å²) in [7, 11) is 1.49. The molecule has 1 aromatic carbocycles. The number of carbonyl (C=O) groups is 1. The van der Waals surface area contributed by atoms with Crippen LogP contribution in [0.1, 0.15) is 32.1 Å². The van der Waals surface area contributed by atoms with Crippen molar-refractivity contribution in [1.29, 1.82) is 0 Å². The number of fused-ring (bicyclic) bond motifs is 2. The Morgan fingerprint density at radius 3 is 2.81 bits per heavy atom. The molecular formula is C22H25FN4O4S. The molecule has 3 heterocycles. The molecule has 2 aliphatic heterocycles. The topological polar surface area (TPSA) is 85.8 Å². The first kappa shape index (κ1) is 21.1. The van der Waals surface area contributed by atoms with Gasteiger partial charge in [-0.05, 0) is 50.1 Å². The Morgan fingerprint density at radius 1 is 1.25 bits per heavy atom. The maximum atomic E-state index is 14.5. The summed E-state index contributed by atoms with van der Waals surface area (Å²) in [4.78, 5) is 23.7. The van der Waals surface area contributed by atoms with Crippen LogP contribution in [0.5, 0.6) is 11.6 Å². The summed E-state index contributed by atoms with van der Waals surface area (Å²) in [5.41, 5.74) is 0.277. The van der Waals surface area contributed by atoms with Crippen molar-refractivity contribution < 1.29 is 23.4 Å². The van der Waals surface area contributed by atoms with E-state index in [4.69, 9.17) is 14.2 Å². The number of rotatable bonds is 7. The van der Waals surface area contributed by atoms with Gasteiger partial charge in [0.25, 0.3) is 5.88 Å². The van der Waals surface area contributed by atoms with Crippen molar-refractivity contribution in [3.05, 3.63) is 30.3 Å². The van der Waals surface area contributed by atoms with Crippen molar-refractivity contribution in [2.75, 3.05) is 18.7 Å². The molecule has 1 saturated carbocycles. The van der Waals surface area contributed by atoms with Gasteiger partial charge in [0.15, 0.2) is 5.82 Å². The van der Waals surface area contributed by atoms with Crippen molar-refractivity contribution >= 4 is 29.4 Å². The number of ether oxygens (including phenoxy) is 3. The Labute approximate surface area is 189 Å². The molecular weight excluding hydrogens is 435 g/mol. The summed E-state index contributed by atoms with van der Waals surface area (Å²) in [6.07, 6.45) is 7.27. The number of hydrogen-bond acceptors (Lipinski definition) is 8. The van der Waals surface area contributed by atoms with E-state index in [0.29, 0.717) is 12.2 Å². The standard InChI is InChI=1S/C22H25FN4O4S/c1-29-19-20(26-16-7-6-14(32-2)10-15(16)23)24-11-25-21(19)31-18-9-12-3-8-17(18)27(12)22(28)30-13-4-5-13/h6-7,10-13,17-18H,3-5,8-9H2,1-2H3,(H,24,25,26)/t12?,17?,18-/m0/s1. The number of methoxy groups -OCH3 is 1. The Morgan fingerprint density at radius 2 is 2.09 bits per heavy atom. The van der Waals surface area contributed by atoms with Gasteiger partial charge in [0, 0.05) is 17.4 Å². The lowest BCUT2D eigenvalue weighted by Crippen LogP contribution is -2.40. The van der Waals surface area contributed by atoms with Crippen molar-refractivity contribution in [3.63, 3.8) is 0 Å². The maximum absolute atomic E-state index is 14.5. The number of benzene rings is 1. The molecule has 10 heteroatoms. The molecule has 3 atom stereocenters. The predicted octanol–water partition coefficient (Wildman–Crippen LogP) is 4.37. The van der Waals surface area contributed by atoms with Gasteiger partial charge in [0.1, 0.15) is 24.4 Å². The largest absolute Gasteiger partial charge is 0.489 e. The van der Waals surface area contributed by atoms with Crippen LogP contribution in [-0.2, 0) is 4.74 Å². The van der Waals surface area contributed by atoms with Crippen LogP contribution in [0.15, 0.2) is 29.4 Å². The molecule has 2 unspecified atom stereocenters. The average Bonchev–Trinajstić information content (AvgIpc) is 3.41. The Balaban J connectivity index is 1.33. The molecule has 32 heavy (non-hydrogen) atoms. The molecule has 5 rings (SSSR count). The van der Waals surface area contributed by atoms with E-state index in [-0.39, 0.29) is 47.7 Å². The summed E-state index contributed by atoms with van der Waals surface area (Å²) in [5, 5.41) is 2.97. The van der Waals surface area contributed by atoms with Crippen LogP contribution in [0.3, 0.4) is 0 Å². The SMILES string of the molecule is COc1c(Nc2ccc(SC)cc2F)ncnc1O[C@H]1CC2CCC1N2C(=O)OC1CC1. The van der Waals surface area contributed by atoms with Gasteiger partial charge in [-0.15, -0.1) is 11.8 Å². The van der Waals surface area contributed by atoms with Gasteiger partial charge < -0.3 is 19.5 Å². The fourth-order valence-corrected chi connectivity index (χ4v) is 4.87.